The first kappa shape index (κ1) is 31.1. The Hall–Kier alpha value is -7.44. The van der Waals surface area contributed by atoms with E-state index in [0.29, 0.717) is 23.6 Å². The lowest BCUT2D eigenvalue weighted by Gasteiger charge is -2.34. The standard InChI is InChI=1S/C49H30N4O2/c1-3-11-35-29-37(19-17-31(35)9-1)47-52-50-45(54-47)33-21-25-39(26-22-33)49(43-15-7-5-13-41(43)42-14-6-8-16-44(42)49)40-27-23-34(24-28-40)46-51-53-48(55-46)38-20-18-32-10-2-4-12-36(32)30-38/h1-30H. The number of rotatable bonds is 6. The van der Waals surface area contributed by atoms with Gasteiger partial charge in [-0.2, -0.15) is 0 Å². The molecule has 6 heteroatoms. The van der Waals surface area contributed by atoms with E-state index in [1.807, 2.05) is 36.4 Å². The van der Waals surface area contributed by atoms with Gasteiger partial charge in [-0.05, 0) is 103 Å². The third-order valence-electron chi connectivity index (χ3n) is 10.9. The Kier molecular flexibility index (Phi) is 6.97. The van der Waals surface area contributed by atoms with Gasteiger partial charge in [0.15, 0.2) is 0 Å². The van der Waals surface area contributed by atoms with Crippen LogP contribution in [0.3, 0.4) is 0 Å². The highest BCUT2D eigenvalue weighted by atomic mass is 16.4. The number of hydrogen-bond acceptors (Lipinski definition) is 6. The molecule has 0 atom stereocenters. The Balaban J connectivity index is 0.979. The lowest BCUT2D eigenvalue weighted by Crippen LogP contribution is -2.28. The Morgan fingerprint density at radius 2 is 0.655 bits per heavy atom. The summed E-state index contributed by atoms with van der Waals surface area (Å²) in [5.41, 5.74) is 10.1. The van der Waals surface area contributed by atoms with Gasteiger partial charge in [-0.25, -0.2) is 0 Å². The number of nitrogens with zero attached hydrogens (tertiary/aromatic N) is 4. The molecule has 55 heavy (non-hydrogen) atoms. The molecule has 8 aromatic carbocycles. The van der Waals surface area contributed by atoms with Crippen LogP contribution in [0, 0.1) is 0 Å². The average Bonchev–Trinajstić information content (AvgIpc) is 4.02. The molecule has 0 bridgehead atoms. The molecule has 0 saturated carbocycles. The van der Waals surface area contributed by atoms with Crippen LogP contribution in [0.4, 0.5) is 0 Å². The molecule has 0 spiro atoms. The minimum absolute atomic E-state index is 0.475. The van der Waals surface area contributed by atoms with Crippen molar-refractivity contribution in [2.75, 3.05) is 0 Å². The molecule has 0 amide bonds. The minimum Gasteiger partial charge on any atom is -0.416 e. The highest BCUT2D eigenvalue weighted by Crippen LogP contribution is 2.56. The molecule has 0 fully saturated rings. The van der Waals surface area contributed by atoms with Crippen molar-refractivity contribution in [3.63, 3.8) is 0 Å². The second-order valence-corrected chi connectivity index (χ2v) is 13.9. The van der Waals surface area contributed by atoms with E-state index in [-0.39, 0.29) is 0 Å². The van der Waals surface area contributed by atoms with Gasteiger partial charge in [-0.1, -0.05) is 133 Å². The fourth-order valence-corrected chi connectivity index (χ4v) is 8.31. The van der Waals surface area contributed by atoms with Crippen molar-refractivity contribution in [2.24, 2.45) is 0 Å². The molecule has 0 unspecified atom stereocenters. The minimum atomic E-state index is -0.583. The van der Waals surface area contributed by atoms with Crippen LogP contribution in [0.1, 0.15) is 22.3 Å². The second kappa shape index (κ2) is 12.3. The lowest BCUT2D eigenvalue weighted by molar-refractivity contribution is 0.584. The van der Waals surface area contributed by atoms with Crippen molar-refractivity contribution in [3.8, 4) is 56.9 Å². The van der Waals surface area contributed by atoms with Crippen LogP contribution < -0.4 is 0 Å². The normalized spacial score (nSPS) is 12.9. The molecule has 0 radical (unpaired) electrons. The number of benzene rings is 8. The third kappa shape index (κ3) is 4.96. The van der Waals surface area contributed by atoms with Gasteiger partial charge in [0.2, 0.25) is 23.6 Å². The van der Waals surface area contributed by atoms with Crippen LogP contribution in [0.5, 0.6) is 0 Å². The number of hydrogen-bond donors (Lipinski definition) is 0. The maximum absolute atomic E-state index is 6.25. The summed E-state index contributed by atoms with van der Waals surface area (Å²) >= 11 is 0. The molecule has 0 saturated heterocycles. The zero-order valence-corrected chi connectivity index (χ0v) is 29.4. The van der Waals surface area contributed by atoms with Crippen molar-refractivity contribution < 1.29 is 8.83 Å². The summed E-state index contributed by atoms with van der Waals surface area (Å²) in [6.07, 6.45) is 0. The molecule has 258 valence electrons. The lowest BCUT2D eigenvalue weighted by atomic mass is 9.67. The van der Waals surface area contributed by atoms with Crippen molar-refractivity contribution in [2.45, 2.75) is 5.41 Å². The maximum Gasteiger partial charge on any atom is 0.248 e. The molecule has 2 heterocycles. The van der Waals surface area contributed by atoms with Crippen molar-refractivity contribution >= 4 is 21.5 Å². The molecule has 0 aliphatic heterocycles. The zero-order valence-electron chi connectivity index (χ0n) is 29.4. The predicted molar refractivity (Wildman–Crippen MR) is 216 cm³/mol. The summed E-state index contributed by atoms with van der Waals surface area (Å²) in [7, 11) is 0. The monoisotopic (exact) mass is 706 g/mol. The number of fused-ring (bicyclic) bond motifs is 5. The van der Waals surface area contributed by atoms with Gasteiger partial charge >= 0.3 is 0 Å². The van der Waals surface area contributed by atoms with Gasteiger partial charge in [-0.3, -0.25) is 0 Å². The van der Waals surface area contributed by atoms with E-state index in [9.17, 15) is 0 Å². The van der Waals surface area contributed by atoms with Crippen LogP contribution in [0.2, 0.25) is 0 Å². The van der Waals surface area contributed by atoms with E-state index in [2.05, 4.69) is 166 Å². The summed E-state index contributed by atoms with van der Waals surface area (Å²) < 4.78 is 12.5. The van der Waals surface area contributed by atoms with Crippen molar-refractivity contribution in [3.05, 3.63) is 204 Å². The van der Waals surface area contributed by atoms with E-state index in [1.54, 1.807) is 0 Å². The van der Waals surface area contributed by atoms with Crippen LogP contribution in [-0.2, 0) is 5.41 Å². The molecular formula is C49H30N4O2. The first-order valence-corrected chi connectivity index (χ1v) is 18.3. The molecular weight excluding hydrogens is 677 g/mol. The van der Waals surface area contributed by atoms with Gasteiger partial charge in [0, 0.05) is 22.3 Å². The maximum atomic E-state index is 6.25. The van der Waals surface area contributed by atoms with Crippen LogP contribution in [0.25, 0.3) is 78.5 Å². The van der Waals surface area contributed by atoms with Crippen molar-refractivity contribution in [1.82, 2.24) is 20.4 Å². The second-order valence-electron chi connectivity index (χ2n) is 13.9. The van der Waals surface area contributed by atoms with E-state index in [4.69, 9.17) is 8.83 Å². The van der Waals surface area contributed by atoms with Gasteiger partial charge in [-0.15, -0.1) is 20.4 Å². The topological polar surface area (TPSA) is 77.8 Å². The largest absolute Gasteiger partial charge is 0.416 e. The van der Waals surface area contributed by atoms with Gasteiger partial charge in [0.1, 0.15) is 0 Å². The van der Waals surface area contributed by atoms with E-state index >= 15 is 0 Å². The molecule has 1 aliphatic carbocycles. The predicted octanol–water partition coefficient (Wildman–Crippen LogP) is 11.8. The third-order valence-corrected chi connectivity index (χ3v) is 10.9. The van der Waals surface area contributed by atoms with Gasteiger partial charge in [0.05, 0.1) is 5.41 Å². The van der Waals surface area contributed by atoms with Gasteiger partial charge < -0.3 is 8.83 Å². The van der Waals surface area contributed by atoms with E-state index in [1.165, 1.54) is 33.0 Å². The van der Waals surface area contributed by atoms with Crippen LogP contribution >= 0.6 is 0 Å². The van der Waals surface area contributed by atoms with Crippen molar-refractivity contribution in [1.29, 1.82) is 0 Å². The first-order valence-electron chi connectivity index (χ1n) is 18.3. The molecule has 2 aromatic heterocycles. The van der Waals surface area contributed by atoms with E-state index in [0.717, 1.165) is 44.2 Å². The number of aromatic nitrogens is 4. The summed E-state index contributed by atoms with van der Waals surface area (Å²) in [5, 5.41) is 22.3. The highest BCUT2D eigenvalue weighted by Gasteiger charge is 2.46. The summed E-state index contributed by atoms with van der Waals surface area (Å²) in [6, 6.07) is 63.4. The molecule has 0 N–H and O–H groups in total. The quantitative estimate of drug-likeness (QED) is 0.171. The molecule has 11 rings (SSSR count). The first-order chi connectivity index (χ1) is 27.2. The smallest absolute Gasteiger partial charge is 0.248 e. The van der Waals surface area contributed by atoms with Gasteiger partial charge in [0.25, 0.3) is 0 Å². The molecule has 6 nitrogen and oxygen atoms in total. The zero-order chi connectivity index (χ0) is 36.3. The van der Waals surface area contributed by atoms with Crippen LogP contribution in [-0.4, -0.2) is 20.4 Å². The van der Waals surface area contributed by atoms with Crippen LogP contribution in [0.15, 0.2) is 191 Å². The summed E-state index contributed by atoms with van der Waals surface area (Å²) in [4.78, 5) is 0. The Bertz CT molecular complexity index is 2840. The summed E-state index contributed by atoms with van der Waals surface area (Å²) in [5.74, 6) is 1.93. The van der Waals surface area contributed by atoms with E-state index < -0.39 is 5.41 Å². The summed E-state index contributed by atoms with van der Waals surface area (Å²) in [6.45, 7) is 0. The highest BCUT2D eigenvalue weighted by molar-refractivity contribution is 5.88. The Labute approximate surface area is 316 Å². The Morgan fingerprint density at radius 3 is 1.09 bits per heavy atom. The Morgan fingerprint density at radius 1 is 0.309 bits per heavy atom. The fraction of sp³-hybridized carbons (Fsp3) is 0.0204. The fourth-order valence-electron chi connectivity index (χ4n) is 8.31. The molecule has 10 aromatic rings. The SMILES string of the molecule is c1ccc2c(c1)-c1ccccc1C2(c1ccc(-c2nnc(-c3ccc4ccccc4c3)o2)cc1)c1ccc(-c2nnc(-c3ccc4ccccc4c3)o2)cc1. The molecule has 1 aliphatic rings. The average molecular weight is 707 g/mol.